The van der Waals surface area contributed by atoms with Crippen LogP contribution >= 0.6 is 0 Å². The van der Waals surface area contributed by atoms with Gasteiger partial charge in [0.1, 0.15) is 18.9 Å². The number of nitrogens with one attached hydrogen (secondary N) is 2. The number of nitrogens with zero attached hydrogens (tertiary/aromatic N) is 2. The van der Waals surface area contributed by atoms with Gasteiger partial charge in [-0.05, 0) is 30.3 Å². The molecule has 0 saturated carbocycles. The molecule has 2 aromatic carbocycles. The van der Waals surface area contributed by atoms with Gasteiger partial charge in [-0.2, -0.15) is 5.10 Å². The fourth-order valence-electron chi connectivity index (χ4n) is 2.69. The average Bonchev–Trinajstić information content (AvgIpc) is 2.74. The van der Waals surface area contributed by atoms with E-state index < -0.39 is 0 Å². The van der Waals surface area contributed by atoms with Crippen LogP contribution in [0.5, 0.6) is 5.75 Å². The zero-order valence-corrected chi connectivity index (χ0v) is 16.5. The Hall–Kier alpha value is -3.94. The van der Waals surface area contributed by atoms with E-state index in [0.29, 0.717) is 30.3 Å². The monoisotopic (exact) mass is 406 g/mol. The molecule has 154 valence electrons. The Balaban J connectivity index is 1.58. The third-order valence-electron chi connectivity index (χ3n) is 4.11. The van der Waals surface area contributed by atoms with Crippen molar-refractivity contribution in [2.75, 3.05) is 18.5 Å². The van der Waals surface area contributed by atoms with Crippen molar-refractivity contribution in [3.05, 3.63) is 77.1 Å². The van der Waals surface area contributed by atoms with Crippen molar-refractivity contribution in [2.24, 2.45) is 0 Å². The molecule has 1 aromatic heterocycles. The number of anilines is 1. The lowest BCUT2D eigenvalue weighted by molar-refractivity contribution is -0.119. The van der Waals surface area contributed by atoms with Crippen LogP contribution in [0.1, 0.15) is 6.92 Å². The Morgan fingerprint density at radius 2 is 1.73 bits per heavy atom. The van der Waals surface area contributed by atoms with E-state index in [1.54, 1.807) is 30.3 Å². The summed E-state index contributed by atoms with van der Waals surface area (Å²) in [4.78, 5) is 35.3. The van der Waals surface area contributed by atoms with Crippen molar-refractivity contribution in [3.8, 4) is 17.0 Å². The van der Waals surface area contributed by atoms with Crippen molar-refractivity contribution in [2.45, 2.75) is 13.5 Å². The Kier molecular flexibility index (Phi) is 6.94. The summed E-state index contributed by atoms with van der Waals surface area (Å²) in [6, 6.07) is 19.3. The van der Waals surface area contributed by atoms with Gasteiger partial charge in [0.25, 0.3) is 5.56 Å². The number of amides is 2. The Morgan fingerprint density at radius 3 is 2.43 bits per heavy atom. The molecule has 0 aliphatic heterocycles. The highest BCUT2D eigenvalue weighted by atomic mass is 16.5. The van der Waals surface area contributed by atoms with Crippen molar-refractivity contribution in [1.29, 1.82) is 0 Å². The smallest absolute Gasteiger partial charge is 0.267 e. The lowest BCUT2D eigenvalue weighted by Crippen LogP contribution is -2.29. The molecule has 0 unspecified atom stereocenters. The lowest BCUT2D eigenvalue weighted by atomic mass is 10.1. The summed E-state index contributed by atoms with van der Waals surface area (Å²) in [7, 11) is 0. The number of carbonyl (C=O) groups excluding carboxylic acids is 2. The van der Waals surface area contributed by atoms with Gasteiger partial charge in [-0.25, -0.2) is 4.68 Å². The maximum absolute atomic E-state index is 12.4. The summed E-state index contributed by atoms with van der Waals surface area (Å²) in [6.45, 7) is 2.00. The summed E-state index contributed by atoms with van der Waals surface area (Å²) in [5.74, 6) is 0.139. The van der Waals surface area contributed by atoms with Gasteiger partial charge in [0.15, 0.2) is 0 Å². The van der Waals surface area contributed by atoms with E-state index in [-0.39, 0.29) is 23.9 Å². The molecule has 3 aromatic rings. The molecule has 0 atom stereocenters. The SMILES string of the molecule is CC(=O)NCCOc1ccc(NC(=O)Cn2nc(-c3ccccc3)ccc2=O)cc1. The third-order valence-corrected chi connectivity index (χ3v) is 4.11. The Bertz CT molecular complexity index is 1060. The molecule has 30 heavy (non-hydrogen) atoms. The van der Waals surface area contributed by atoms with E-state index in [4.69, 9.17) is 4.74 Å². The first-order chi connectivity index (χ1) is 14.5. The van der Waals surface area contributed by atoms with Gasteiger partial charge >= 0.3 is 0 Å². The van der Waals surface area contributed by atoms with Crippen LogP contribution in [0.25, 0.3) is 11.3 Å². The van der Waals surface area contributed by atoms with Crippen LogP contribution in [0.3, 0.4) is 0 Å². The highest BCUT2D eigenvalue weighted by Crippen LogP contribution is 2.16. The minimum Gasteiger partial charge on any atom is -0.492 e. The molecule has 2 N–H and O–H groups in total. The summed E-state index contributed by atoms with van der Waals surface area (Å²) < 4.78 is 6.64. The fraction of sp³-hybridized carbons (Fsp3) is 0.182. The molecule has 0 bridgehead atoms. The van der Waals surface area contributed by atoms with Crippen molar-refractivity contribution < 1.29 is 14.3 Å². The number of carbonyl (C=O) groups is 2. The number of rotatable bonds is 8. The summed E-state index contributed by atoms with van der Waals surface area (Å²) in [5.41, 5.74) is 1.69. The van der Waals surface area contributed by atoms with Crippen LogP contribution in [0.15, 0.2) is 71.5 Å². The molecule has 8 nitrogen and oxygen atoms in total. The van der Waals surface area contributed by atoms with E-state index in [1.165, 1.54) is 13.0 Å². The van der Waals surface area contributed by atoms with Gasteiger partial charge in [-0.3, -0.25) is 14.4 Å². The summed E-state index contributed by atoms with van der Waals surface area (Å²) in [6.07, 6.45) is 0. The summed E-state index contributed by atoms with van der Waals surface area (Å²) >= 11 is 0. The molecule has 0 spiro atoms. The van der Waals surface area contributed by atoms with E-state index in [1.807, 2.05) is 30.3 Å². The quantitative estimate of drug-likeness (QED) is 0.558. The van der Waals surface area contributed by atoms with E-state index in [9.17, 15) is 14.4 Å². The molecule has 0 radical (unpaired) electrons. The van der Waals surface area contributed by atoms with Gasteiger partial charge in [-0.15, -0.1) is 0 Å². The van der Waals surface area contributed by atoms with Crippen LogP contribution in [0.2, 0.25) is 0 Å². The average molecular weight is 406 g/mol. The maximum Gasteiger partial charge on any atom is 0.267 e. The zero-order chi connectivity index (χ0) is 21.3. The third kappa shape index (κ3) is 6.03. The molecule has 3 rings (SSSR count). The molecule has 0 aliphatic rings. The second-order valence-corrected chi connectivity index (χ2v) is 6.48. The topological polar surface area (TPSA) is 102 Å². The first kappa shape index (κ1) is 20.8. The molecule has 0 aliphatic carbocycles. The number of hydrogen-bond acceptors (Lipinski definition) is 5. The van der Waals surface area contributed by atoms with Gasteiger partial charge in [0.05, 0.1) is 12.2 Å². The van der Waals surface area contributed by atoms with Crippen LogP contribution in [0, 0.1) is 0 Å². The highest BCUT2D eigenvalue weighted by molar-refractivity contribution is 5.90. The number of benzene rings is 2. The van der Waals surface area contributed by atoms with Gasteiger partial charge in [0, 0.05) is 24.2 Å². The minimum absolute atomic E-state index is 0.112. The first-order valence-electron chi connectivity index (χ1n) is 9.42. The normalized spacial score (nSPS) is 10.3. The fourth-order valence-corrected chi connectivity index (χ4v) is 2.69. The first-order valence-corrected chi connectivity index (χ1v) is 9.42. The lowest BCUT2D eigenvalue weighted by Gasteiger charge is -2.10. The van der Waals surface area contributed by atoms with Crippen LogP contribution in [-0.4, -0.2) is 34.7 Å². The highest BCUT2D eigenvalue weighted by Gasteiger charge is 2.08. The second kappa shape index (κ2) is 10.0. The Labute approximate surface area is 173 Å². The predicted molar refractivity (Wildman–Crippen MR) is 113 cm³/mol. The van der Waals surface area contributed by atoms with Crippen LogP contribution in [-0.2, 0) is 16.1 Å². The standard InChI is InChI=1S/C22H22N4O4/c1-16(27)23-13-14-30-19-9-7-18(8-10-19)24-21(28)15-26-22(29)12-11-20(25-26)17-5-3-2-4-6-17/h2-12H,13-15H2,1H3,(H,23,27)(H,24,28). The second-order valence-electron chi connectivity index (χ2n) is 6.48. The minimum atomic E-state index is -0.367. The van der Waals surface area contributed by atoms with Crippen molar-refractivity contribution >= 4 is 17.5 Å². The largest absolute Gasteiger partial charge is 0.492 e. The summed E-state index contributed by atoms with van der Waals surface area (Å²) in [5, 5.41) is 9.66. The van der Waals surface area contributed by atoms with Gasteiger partial charge in [0.2, 0.25) is 11.8 Å². The van der Waals surface area contributed by atoms with E-state index in [0.717, 1.165) is 10.2 Å². The van der Waals surface area contributed by atoms with Gasteiger partial charge < -0.3 is 15.4 Å². The Morgan fingerprint density at radius 1 is 1.00 bits per heavy atom. The molecule has 0 fully saturated rings. The van der Waals surface area contributed by atoms with Crippen LogP contribution in [0.4, 0.5) is 5.69 Å². The van der Waals surface area contributed by atoms with Gasteiger partial charge in [-0.1, -0.05) is 30.3 Å². The number of hydrogen-bond donors (Lipinski definition) is 2. The van der Waals surface area contributed by atoms with Crippen molar-refractivity contribution in [1.82, 2.24) is 15.1 Å². The van der Waals surface area contributed by atoms with E-state index in [2.05, 4.69) is 15.7 Å². The van der Waals surface area contributed by atoms with Crippen LogP contribution < -0.4 is 20.9 Å². The molecule has 2 amide bonds. The molecule has 8 heteroatoms. The maximum atomic E-state index is 12.4. The molecular weight excluding hydrogens is 384 g/mol. The number of aromatic nitrogens is 2. The predicted octanol–water partition coefficient (Wildman–Crippen LogP) is 2.06. The number of ether oxygens (including phenoxy) is 1. The molecule has 1 heterocycles. The van der Waals surface area contributed by atoms with E-state index >= 15 is 0 Å². The zero-order valence-electron chi connectivity index (χ0n) is 16.5. The molecule has 0 saturated heterocycles. The molecular formula is C22H22N4O4. The van der Waals surface area contributed by atoms with Crippen molar-refractivity contribution in [3.63, 3.8) is 0 Å².